The highest BCUT2D eigenvalue weighted by Crippen LogP contribution is 2.32. The molecule has 1 aromatic heterocycles. The molecule has 0 bridgehead atoms. The molecule has 0 atom stereocenters. The molecule has 0 radical (unpaired) electrons. The van der Waals surface area contributed by atoms with E-state index in [2.05, 4.69) is 4.57 Å². The van der Waals surface area contributed by atoms with Gasteiger partial charge in [0.1, 0.15) is 5.75 Å². The summed E-state index contributed by atoms with van der Waals surface area (Å²) in [5, 5.41) is 0. The molecule has 4 aromatic rings. The first-order valence-corrected chi connectivity index (χ1v) is 13.6. The van der Waals surface area contributed by atoms with Gasteiger partial charge in [-0.05, 0) is 49.4 Å². The summed E-state index contributed by atoms with van der Waals surface area (Å²) >= 11 is 0. The van der Waals surface area contributed by atoms with Crippen LogP contribution in [0.5, 0.6) is 5.75 Å². The molecule has 2 heterocycles. The van der Waals surface area contributed by atoms with Gasteiger partial charge in [0, 0.05) is 43.1 Å². The Labute approximate surface area is 217 Å². The molecule has 0 N–H and O–H groups in total. The number of hydrogen-bond acceptors (Lipinski definition) is 4. The van der Waals surface area contributed by atoms with Gasteiger partial charge in [-0.15, -0.1) is 0 Å². The molecular formula is C29H29N3O4S. The van der Waals surface area contributed by atoms with Crippen molar-refractivity contribution in [3.63, 3.8) is 0 Å². The molecule has 37 heavy (non-hydrogen) atoms. The van der Waals surface area contributed by atoms with Crippen LogP contribution in [0.25, 0.3) is 16.9 Å². The lowest BCUT2D eigenvalue weighted by atomic mass is 10.1. The number of para-hydroxylation sites is 1. The molecule has 1 saturated heterocycles. The number of sulfonamides is 1. The minimum Gasteiger partial charge on any atom is -0.497 e. The third-order valence-corrected chi connectivity index (χ3v) is 8.68. The minimum absolute atomic E-state index is 0.104. The SMILES string of the molecule is COc1cccc(-c2cc(C(=O)N3CCN(S(=O)(=O)c4ccccc4)CC3)c(C)n2-c2ccccc2)c1. The van der Waals surface area contributed by atoms with Gasteiger partial charge in [0.25, 0.3) is 5.91 Å². The molecule has 0 unspecified atom stereocenters. The van der Waals surface area contributed by atoms with E-state index in [1.807, 2.05) is 67.6 Å². The van der Waals surface area contributed by atoms with E-state index >= 15 is 0 Å². The summed E-state index contributed by atoms with van der Waals surface area (Å²) in [5.41, 5.74) is 4.20. The third kappa shape index (κ3) is 4.77. The Balaban J connectivity index is 1.44. The lowest BCUT2D eigenvalue weighted by Crippen LogP contribution is -2.50. The van der Waals surface area contributed by atoms with Crippen molar-refractivity contribution < 1.29 is 17.9 Å². The summed E-state index contributed by atoms with van der Waals surface area (Å²) in [5.74, 6) is 0.632. The van der Waals surface area contributed by atoms with Crippen LogP contribution in [0.15, 0.2) is 95.9 Å². The number of piperazine rings is 1. The molecule has 7 nitrogen and oxygen atoms in total. The number of nitrogens with zero attached hydrogens (tertiary/aromatic N) is 3. The zero-order chi connectivity index (χ0) is 26.0. The van der Waals surface area contributed by atoms with Crippen LogP contribution < -0.4 is 4.74 Å². The topological polar surface area (TPSA) is 71.8 Å². The van der Waals surface area contributed by atoms with E-state index in [0.717, 1.165) is 28.4 Å². The maximum atomic E-state index is 13.7. The van der Waals surface area contributed by atoms with E-state index in [0.29, 0.717) is 18.7 Å². The number of rotatable bonds is 6. The number of aromatic nitrogens is 1. The molecule has 1 amide bonds. The van der Waals surface area contributed by atoms with Crippen LogP contribution in [-0.4, -0.2) is 61.4 Å². The Morgan fingerprint density at radius 2 is 1.46 bits per heavy atom. The first-order chi connectivity index (χ1) is 17.9. The van der Waals surface area contributed by atoms with Crippen LogP contribution in [-0.2, 0) is 10.0 Å². The van der Waals surface area contributed by atoms with Crippen molar-refractivity contribution in [3.05, 3.63) is 102 Å². The summed E-state index contributed by atoms with van der Waals surface area (Å²) in [4.78, 5) is 15.7. The fourth-order valence-electron chi connectivity index (χ4n) is 4.77. The Hall–Kier alpha value is -3.88. The molecule has 8 heteroatoms. The minimum atomic E-state index is -3.59. The number of methoxy groups -OCH3 is 1. The molecule has 5 rings (SSSR count). The van der Waals surface area contributed by atoms with Gasteiger partial charge in [-0.3, -0.25) is 4.79 Å². The first-order valence-electron chi connectivity index (χ1n) is 12.2. The van der Waals surface area contributed by atoms with Crippen molar-refractivity contribution in [2.75, 3.05) is 33.3 Å². The molecule has 1 aliphatic heterocycles. The zero-order valence-corrected chi connectivity index (χ0v) is 21.7. The second kappa shape index (κ2) is 10.2. The van der Waals surface area contributed by atoms with E-state index in [1.165, 1.54) is 4.31 Å². The number of amides is 1. The normalized spacial score (nSPS) is 14.5. The fourth-order valence-corrected chi connectivity index (χ4v) is 6.21. The van der Waals surface area contributed by atoms with Crippen LogP contribution in [0, 0.1) is 6.92 Å². The lowest BCUT2D eigenvalue weighted by molar-refractivity contribution is 0.0697. The molecule has 1 fully saturated rings. The highest BCUT2D eigenvalue weighted by Gasteiger charge is 2.31. The standard InChI is InChI=1S/C29H29N3O4S/c1-22-27(29(33)30-16-18-31(19-17-30)37(34,35)26-14-7-4-8-15-26)21-28(23-10-9-13-25(20-23)36-2)32(22)24-11-5-3-6-12-24/h3-15,20-21H,16-19H2,1-2H3. The number of benzene rings is 3. The third-order valence-electron chi connectivity index (χ3n) is 6.76. The molecule has 0 saturated carbocycles. The maximum Gasteiger partial charge on any atom is 0.255 e. The Bertz CT molecular complexity index is 1510. The Kier molecular flexibility index (Phi) is 6.86. The molecule has 190 valence electrons. The van der Waals surface area contributed by atoms with Gasteiger partial charge in [0.15, 0.2) is 0 Å². The quantitative estimate of drug-likeness (QED) is 0.376. The van der Waals surface area contributed by atoms with E-state index in [9.17, 15) is 13.2 Å². The second-order valence-electron chi connectivity index (χ2n) is 8.94. The van der Waals surface area contributed by atoms with Crippen LogP contribution in [0.3, 0.4) is 0 Å². The summed E-state index contributed by atoms with van der Waals surface area (Å²) in [7, 11) is -1.95. The van der Waals surface area contributed by atoms with E-state index in [4.69, 9.17) is 4.74 Å². The number of carbonyl (C=O) groups is 1. The highest BCUT2D eigenvalue weighted by atomic mass is 32.2. The van der Waals surface area contributed by atoms with Crippen LogP contribution in [0.2, 0.25) is 0 Å². The van der Waals surface area contributed by atoms with Gasteiger partial charge in [-0.25, -0.2) is 8.42 Å². The van der Waals surface area contributed by atoms with Gasteiger partial charge >= 0.3 is 0 Å². The molecule has 1 aliphatic rings. The molecule has 0 spiro atoms. The van der Waals surface area contributed by atoms with Crippen molar-refractivity contribution in [3.8, 4) is 22.7 Å². The number of ether oxygens (including phenoxy) is 1. The molecule has 0 aliphatic carbocycles. The second-order valence-corrected chi connectivity index (χ2v) is 10.9. The average molecular weight is 516 g/mol. The fraction of sp³-hybridized carbons (Fsp3) is 0.207. The van der Waals surface area contributed by atoms with Gasteiger partial charge < -0.3 is 14.2 Å². The summed E-state index contributed by atoms with van der Waals surface area (Å²) < 4.78 is 35.0. The Morgan fingerprint density at radius 3 is 2.11 bits per heavy atom. The van der Waals surface area contributed by atoms with Crippen molar-refractivity contribution in [1.82, 2.24) is 13.8 Å². The molecule has 3 aromatic carbocycles. The van der Waals surface area contributed by atoms with Crippen LogP contribution >= 0.6 is 0 Å². The van der Waals surface area contributed by atoms with Gasteiger partial charge in [-0.2, -0.15) is 4.31 Å². The first kappa shape index (κ1) is 24.8. The predicted molar refractivity (Wildman–Crippen MR) is 144 cm³/mol. The van der Waals surface area contributed by atoms with E-state index in [-0.39, 0.29) is 23.9 Å². The monoisotopic (exact) mass is 515 g/mol. The van der Waals surface area contributed by atoms with Crippen molar-refractivity contribution in [2.45, 2.75) is 11.8 Å². The lowest BCUT2D eigenvalue weighted by Gasteiger charge is -2.34. The largest absolute Gasteiger partial charge is 0.497 e. The number of hydrogen-bond donors (Lipinski definition) is 0. The van der Waals surface area contributed by atoms with Gasteiger partial charge in [0.2, 0.25) is 10.0 Å². The molecular weight excluding hydrogens is 486 g/mol. The summed E-state index contributed by atoms with van der Waals surface area (Å²) in [6.07, 6.45) is 0. The Morgan fingerprint density at radius 1 is 0.811 bits per heavy atom. The van der Waals surface area contributed by atoms with Gasteiger partial charge in [-0.1, -0.05) is 48.5 Å². The average Bonchev–Trinajstić information content (AvgIpc) is 3.30. The van der Waals surface area contributed by atoms with Crippen molar-refractivity contribution in [2.24, 2.45) is 0 Å². The van der Waals surface area contributed by atoms with Gasteiger partial charge in [0.05, 0.1) is 23.3 Å². The van der Waals surface area contributed by atoms with E-state index in [1.54, 1.807) is 42.3 Å². The predicted octanol–water partition coefficient (Wildman–Crippen LogP) is 4.61. The summed E-state index contributed by atoms with van der Waals surface area (Å²) in [6, 6.07) is 28.0. The zero-order valence-electron chi connectivity index (χ0n) is 20.9. The van der Waals surface area contributed by atoms with Crippen LogP contribution in [0.4, 0.5) is 0 Å². The van der Waals surface area contributed by atoms with Crippen molar-refractivity contribution in [1.29, 1.82) is 0 Å². The number of carbonyl (C=O) groups excluding carboxylic acids is 1. The van der Waals surface area contributed by atoms with Crippen LogP contribution in [0.1, 0.15) is 16.1 Å². The smallest absolute Gasteiger partial charge is 0.255 e. The maximum absolute atomic E-state index is 13.7. The highest BCUT2D eigenvalue weighted by molar-refractivity contribution is 7.89. The van der Waals surface area contributed by atoms with Crippen molar-refractivity contribution >= 4 is 15.9 Å². The van der Waals surface area contributed by atoms with E-state index < -0.39 is 10.0 Å². The summed E-state index contributed by atoms with van der Waals surface area (Å²) in [6.45, 7) is 3.11.